The van der Waals surface area contributed by atoms with Crippen LogP contribution in [0.1, 0.15) is 19.4 Å². The molecule has 0 aliphatic rings. The van der Waals surface area contributed by atoms with Gasteiger partial charge in [-0.1, -0.05) is 0 Å². The number of nitrogens with zero attached hydrogens (tertiary/aromatic N) is 2. The smallest absolute Gasteiger partial charge is 0.246 e. The van der Waals surface area contributed by atoms with E-state index in [4.69, 9.17) is 5.26 Å². The fourth-order valence-electron chi connectivity index (χ4n) is 0.899. The number of aromatic nitrogens is 2. The molecule has 1 aromatic heterocycles. The number of carbonyl (C=O) groups excluding carboxylic acids is 1. The van der Waals surface area contributed by atoms with E-state index in [2.05, 4.69) is 15.5 Å². The Morgan fingerprint density at radius 2 is 2.18 bits per heavy atom. The van der Waals surface area contributed by atoms with Gasteiger partial charge in [-0.05, 0) is 13.8 Å². The average Bonchev–Trinajstić information content (AvgIpc) is 2.63. The van der Waals surface area contributed by atoms with Crippen molar-refractivity contribution in [1.82, 2.24) is 10.2 Å². The molecule has 92 valence electrons. The number of aromatic amines is 1. The van der Waals surface area contributed by atoms with E-state index in [-0.39, 0.29) is 11.4 Å². The Bertz CT molecular complexity index is 580. The highest BCUT2D eigenvalue weighted by Gasteiger charge is 2.38. The molecule has 8 heteroatoms. The zero-order chi connectivity index (χ0) is 13.3. The third-order valence-electron chi connectivity index (χ3n) is 2.47. The maximum Gasteiger partial charge on any atom is 0.246 e. The van der Waals surface area contributed by atoms with Gasteiger partial charge in [-0.3, -0.25) is 9.89 Å². The van der Waals surface area contributed by atoms with Gasteiger partial charge in [0.1, 0.15) is 22.2 Å². The molecule has 0 aliphatic carbocycles. The molecule has 0 atom stereocenters. The Morgan fingerprint density at radius 1 is 1.59 bits per heavy atom. The highest BCUT2D eigenvalue weighted by molar-refractivity contribution is 7.92. The highest BCUT2D eigenvalue weighted by atomic mass is 32.2. The molecule has 0 unspecified atom stereocenters. The summed E-state index contributed by atoms with van der Waals surface area (Å²) in [7, 11) is -3.55. The molecule has 0 radical (unpaired) electrons. The SMILES string of the molecule is CC(C)(C(=O)Nc1[nH]ncc1C#N)S(C)(=O)=O. The van der Waals surface area contributed by atoms with Gasteiger partial charge in [0.25, 0.3) is 0 Å². The van der Waals surface area contributed by atoms with Crippen LogP contribution in [0.5, 0.6) is 0 Å². The minimum absolute atomic E-state index is 0.0919. The van der Waals surface area contributed by atoms with E-state index in [1.807, 2.05) is 6.07 Å². The first kappa shape index (κ1) is 13.2. The molecule has 2 N–H and O–H groups in total. The number of H-pyrrole nitrogens is 1. The van der Waals surface area contributed by atoms with E-state index in [1.165, 1.54) is 20.0 Å². The van der Waals surface area contributed by atoms with Crippen molar-refractivity contribution in [2.45, 2.75) is 18.6 Å². The lowest BCUT2D eigenvalue weighted by atomic mass is 10.2. The average molecular weight is 256 g/mol. The molecule has 0 saturated carbocycles. The van der Waals surface area contributed by atoms with E-state index in [0.717, 1.165) is 6.26 Å². The van der Waals surface area contributed by atoms with E-state index >= 15 is 0 Å². The van der Waals surface area contributed by atoms with Gasteiger partial charge in [0.15, 0.2) is 9.84 Å². The Balaban J connectivity index is 3.00. The van der Waals surface area contributed by atoms with Crippen LogP contribution in [0.15, 0.2) is 6.20 Å². The second kappa shape index (κ2) is 4.18. The minimum atomic E-state index is -3.55. The van der Waals surface area contributed by atoms with Crippen LogP contribution in [0.25, 0.3) is 0 Å². The third kappa shape index (κ3) is 2.45. The summed E-state index contributed by atoms with van der Waals surface area (Å²) in [4.78, 5) is 11.8. The summed E-state index contributed by atoms with van der Waals surface area (Å²) in [6.07, 6.45) is 2.22. The second-order valence-electron chi connectivity index (χ2n) is 4.01. The number of nitrogens with one attached hydrogen (secondary N) is 2. The maximum atomic E-state index is 11.8. The summed E-state index contributed by atoms with van der Waals surface area (Å²) in [5, 5.41) is 17.0. The quantitative estimate of drug-likeness (QED) is 0.792. The summed E-state index contributed by atoms with van der Waals surface area (Å²) in [6, 6.07) is 1.81. The molecule has 0 aromatic carbocycles. The van der Waals surface area contributed by atoms with E-state index < -0.39 is 20.5 Å². The van der Waals surface area contributed by atoms with Crippen LogP contribution in [0, 0.1) is 11.3 Å². The van der Waals surface area contributed by atoms with Crippen molar-refractivity contribution in [2.75, 3.05) is 11.6 Å². The number of anilines is 1. The fraction of sp³-hybridized carbons (Fsp3) is 0.444. The molecular formula is C9H12N4O3S. The second-order valence-corrected chi connectivity index (χ2v) is 6.57. The summed E-state index contributed by atoms with van der Waals surface area (Å²) in [5.41, 5.74) is 0.141. The largest absolute Gasteiger partial charge is 0.309 e. The van der Waals surface area contributed by atoms with Gasteiger partial charge in [-0.15, -0.1) is 0 Å². The normalized spacial score (nSPS) is 11.9. The van der Waals surface area contributed by atoms with Crippen molar-refractivity contribution in [2.24, 2.45) is 0 Å². The molecule has 0 fully saturated rings. The van der Waals surface area contributed by atoms with Crippen LogP contribution < -0.4 is 5.32 Å². The van der Waals surface area contributed by atoms with E-state index in [0.29, 0.717) is 0 Å². The van der Waals surface area contributed by atoms with Crippen molar-refractivity contribution in [3.63, 3.8) is 0 Å². The third-order valence-corrected chi connectivity index (χ3v) is 4.51. The zero-order valence-corrected chi connectivity index (χ0v) is 10.4. The molecule has 0 bridgehead atoms. The Labute approximate surface area is 98.7 Å². The molecule has 1 amide bonds. The van der Waals surface area contributed by atoms with E-state index in [9.17, 15) is 13.2 Å². The molecule has 17 heavy (non-hydrogen) atoms. The van der Waals surface area contributed by atoms with Crippen LogP contribution in [0.4, 0.5) is 5.82 Å². The first-order valence-electron chi connectivity index (χ1n) is 4.64. The molecule has 7 nitrogen and oxygen atoms in total. The Morgan fingerprint density at radius 3 is 2.65 bits per heavy atom. The molecule has 1 aromatic rings. The number of sulfone groups is 1. The van der Waals surface area contributed by atoms with Crippen molar-refractivity contribution < 1.29 is 13.2 Å². The highest BCUT2D eigenvalue weighted by Crippen LogP contribution is 2.18. The lowest BCUT2D eigenvalue weighted by Crippen LogP contribution is -2.44. The number of carbonyl (C=O) groups is 1. The molecule has 0 saturated heterocycles. The summed E-state index contributed by atoms with van der Waals surface area (Å²) in [6.45, 7) is 2.58. The lowest BCUT2D eigenvalue weighted by Gasteiger charge is -2.20. The molecule has 1 heterocycles. The topological polar surface area (TPSA) is 116 Å². The summed E-state index contributed by atoms with van der Waals surface area (Å²) < 4.78 is 21.3. The predicted molar refractivity (Wildman–Crippen MR) is 60.9 cm³/mol. The standard InChI is InChI=1S/C9H12N4O3S/c1-9(2,17(3,15)16)8(14)12-7-6(4-10)5-11-13-7/h5H,1-3H3,(H2,11,12,13,14). The number of rotatable bonds is 3. The van der Waals surface area contributed by atoms with Gasteiger partial charge < -0.3 is 5.32 Å². The number of hydrogen-bond acceptors (Lipinski definition) is 5. The van der Waals surface area contributed by atoms with Gasteiger partial charge in [0, 0.05) is 6.26 Å². The molecule has 0 spiro atoms. The van der Waals surface area contributed by atoms with Crippen molar-refractivity contribution >= 4 is 21.6 Å². The van der Waals surface area contributed by atoms with Gasteiger partial charge in [-0.25, -0.2) is 8.42 Å². The van der Waals surface area contributed by atoms with Gasteiger partial charge in [0.2, 0.25) is 5.91 Å². The van der Waals surface area contributed by atoms with Crippen LogP contribution in [0.2, 0.25) is 0 Å². The molecule has 0 aliphatic heterocycles. The van der Waals surface area contributed by atoms with Crippen molar-refractivity contribution in [1.29, 1.82) is 5.26 Å². The number of amides is 1. The molecule has 1 rings (SSSR count). The Kier molecular flexibility index (Phi) is 3.24. The molecular weight excluding hydrogens is 244 g/mol. The minimum Gasteiger partial charge on any atom is -0.309 e. The lowest BCUT2D eigenvalue weighted by molar-refractivity contribution is -0.117. The predicted octanol–water partition coefficient (Wildman–Crippen LogP) is 0.0431. The van der Waals surface area contributed by atoms with Crippen molar-refractivity contribution in [3.05, 3.63) is 11.8 Å². The monoisotopic (exact) mass is 256 g/mol. The van der Waals surface area contributed by atoms with E-state index in [1.54, 1.807) is 0 Å². The van der Waals surface area contributed by atoms with Crippen LogP contribution in [0.3, 0.4) is 0 Å². The van der Waals surface area contributed by atoms with Crippen LogP contribution in [-0.4, -0.2) is 35.5 Å². The zero-order valence-electron chi connectivity index (χ0n) is 9.60. The Hall–Kier alpha value is -1.88. The van der Waals surface area contributed by atoms with Crippen LogP contribution >= 0.6 is 0 Å². The summed E-state index contributed by atoms with van der Waals surface area (Å²) in [5.74, 6) is -0.630. The maximum absolute atomic E-state index is 11.8. The fourth-order valence-corrected chi connectivity index (χ4v) is 1.29. The summed E-state index contributed by atoms with van der Waals surface area (Å²) >= 11 is 0. The number of nitriles is 1. The first-order chi connectivity index (χ1) is 7.70. The van der Waals surface area contributed by atoms with Gasteiger partial charge in [-0.2, -0.15) is 10.4 Å². The van der Waals surface area contributed by atoms with Gasteiger partial charge >= 0.3 is 0 Å². The first-order valence-corrected chi connectivity index (χ1v) is 6.54. The van der Waals surface area contributed by atoms with Crippen molar-refractivity contribution in [3.8, 4) is 6.07 Å². The van der Waals surface area contributed by atoms with Gasteiger partial charge in [0.05, 0.1) is 6.20 Å². The van der Waals surface area contributed by atoms with Crippen LogP contribution in [-0.2, 0) is 14.6 Å². The number of hydrogen-bond donors (Lipinski definition) is 2.